The highest BCUT2D eigenvalue weighted by molar-refractivity contribution is 6.65. The fraction of sp³-hybridized carbons (Fsp3) is 0.500. The minimum absolute atomic E-state index is 0.221. The quantitative estimate of drug-likeness (QED) is 0.632. The van der Waals surface area contributed by atoms with Crippen LogP contribution in [0.2, 0.25) is 0 Å². The summed E-state index contributed by atoms with van der Waals surface area (Å²) in [5, 5.41) is 0. The smallest absolute Gasteiger partial charge is 0.416 e. The molecule has 2 aliphatic rings. The zero-order valence-corrected chi connectivity index (χ0v) is 9.15. The molecule has 0 bridgehead atoms. The van der Waals surface area contributed by atoms with Gasteiger partial charge >= 0.3 is 7.05 Å². The van der Waals surface area contributed by atoms with Crippen LogP contribution in [0, 0.1) is 6.92 Å². The molecule has 78 valence electrons. The molecule has 0 radical (unpaired) electrons. The molecular formula is C12H16BNO. The Hall–Kier alpha value is -0.795. The molecule has 2 saturated heterocycles. The van der Waals surface area contributed by atoms with Gasteiger partial charge in [-0.3, -0.25) is 0 Å². The van der Waals surface area contributed by atoms with E-state index in [-0.39, 0.29) is 7.05 Å². The molecule has 0 aliphatic carbocycles. The van der Waals surface area contributed by atoms with E-state index in [0.29, 0.717) is 6.04 Å². The van der Waals surface area contributed by atoms with Crippen molar-refractivity contribution < 1.29 is 4.65 Å². The maximum atomic E-state index is 5.91. The molecule has 2 fully saturated rings. The van der Waals surface area contributed by atoms with Crippen LogP contribution in [0.3, 0.4) is 0 Å². The second kappa shape index (κ2) is 3.65. The summed E-state index contributed by atoms with van der Waals surface area (Å²) in [6.07, 6.45) is 2.64. The lowest BCUT2D eigenvalue weighted by Crippen LogP contribution is -2.46. The van der Waals surface area contributed by atoms with Gasteiger partial charge in [-0.25, -0.2) is 0 Å². The van der Waals surface area contributed by atoms with Gasteiger partial charge < -0.3 is 9.47 Å². The molecule has 3 heteroatoms. The molecule has 0 unspecified atom stereocenters. The largest absolute Gasteiger partial charge is 0.419 e. The van der Waals surface area contributed by atoms with Gasteiger partial charge in [-0.05, 0) is 31.8 Å². The molecule has 0 amide bonds. The van der Waals surface area contributed by atoms with Crippen molar-refractivity contribution in [3.8, 4) is 0 Å². The van der Waals surface area contributed by atoms with Crippen LogP contribution >= 0.6 is 0 Å². The molecule has 1 aromatic rings. The third kappa shape index (κ3) is 1.50. The normalized spacial score (nSPS) is 25.9. The monoisotopic (exact) mass is 201 g/mol. The Morgan fingerprint density at radius 3 is 3.13 bits per heavy atom. The molecular weight excluding hydrogens is 185 g/mol. The zero-order valence-electron chi connectivity index (χ0n) is 9.15. The van der Waals surface area contributed by atoms with Gasteiger partial charge in [0.15, 0.2) is 0 Å². The van der Waals surface area contributed by atoms with Crippen LogP contribution < -0.4 is 5.46 Å². The Labute approximate surface area is 91.4 Å². The van der Waals surface area contributed by atoms with Crippen LogP contribution in [0.25, 0.3) is 0 Å². The SMILES string of the molecule is Cc1ccccc1B1OC[C@@H]2CCCN12. The first-order chi connectivity index (χ1) is 7.36. The van der Waals surface area contributed by atoms with Gasteiger partial charge in [-0.2, -0.15) is 0 Å². The topological polar surface area (TPSA) is 12.5 Å². The van der Waals surface area contributed by atoms with E-state index in [0.717, 1.165) is 6.61 Å². The third-order valence-corrected chi connectivity index (χ3v) is 3.62. The minimum Gasteiger partial charge on any atom is -0.416 e. The molecule has 2 heterocycles. The summed E-state index contributed by atoms with van der Waals surface area (Å²) in [4.78, 5) is 2.52. The maximum Gasteiger partial charge on any atom is 0.419 e. The van der Waals surface area contributed by atoms with Crippen molar-refractivity contribution in [2.75, 3.05) is 13.2 Å². The lowest BCUT2D eigenvalue weighted by atomic mass is 9.70. The zero-order chi connectivity index (χ0) is 10.3. The summed E-state index contributed by atoms with van der Waals surface area (Å²) in [5.74, 6) is 0. The second-order valence-corrected chi connectivity index (χ2v) is 4.58. The van der Waals surface area contributed by atoms with Crippen molar-refractivity contribution in [2.45, 2.75) is 25.8 Å². The van der Waals surface area contributed by atoms with Crippen molar-refractivity contribution in [1.82, 2.24) is 4.81 Å². The number of aryl methyl sites for hydroxylation is 1. The Morgan fingerprint density at radius 1 is 1.40 bits per heavy atom. The van der Waals surface area contributed by atoms with E-state index < -0.39 is 0 Å². The molecule has 0 spiro atoms. The van der Waals surface area contributed by atoms with Gasteiger partial charge in [0.25, 0.3) is 0 Å². The molecule has 1 atom stereocenters. The Bertz CT molecular complexity index is 368. The number of nitrogens with zero attached hydrogens (tertiary/aromatic N) is 1. The van der Waals surface area contributed by atoms with Crippen LogP contribution in [0.4, 0.5) is 0 Å². The summed E-state index contributed by atoms with van der Waals surface area (Å²) in [7, 11) is 0.221. The number of hydrogen-bond donors (Lipinski definition) is 0. The standard InChI is InChI=1S/C12H16BNO/c1-10-5-2-3-7-12(10)13-14-8-4-6-11(14)9-15-13/h2-3,5,7,11H,4,6,8-9H2,1H3/t11-/m0/s1. The first kappa shape index (κ1) is 9.43. The van der Waals surface area contributed by atoms with Crippen molar-refractivity contribution in [3.05, 3.63) is 29.8 Å². The summed E-state index contributed by atoms with van der Waals surface area (Å²) < 4.78 is 5.91. The molecule has 0 aromatic heterocycles. The van der Waals surface area contributed by atoms with Crippen molar-refractivity contribution in [1.29, 1.82) is 0 Å². The highest BCUT2D eigenvalue weighted by Crippen LogP contribution is 2.25. The highest BCUT2D eigenvalue weighted by atomic mass is 16.5. The van der Waals surface area contributed by atoms with E-state index in [1.165, 1.54) is 30.4 Å². The van der Waals surface area contributed by atoms with E-state index in [1.807, 2.05) is 0 Å². The average Bonchev–Trinajstić information content (AvgIpc) is 2.80. The van der Waals surface area contributed by atoms with Crippen molar-refractivity contribution >= 4 is 12.5 Å². The van der Waals surface area contributed by atoms with E-state index in [1.54, 1.807) is 0 Å². The Morgan fingerprint density at radius 2 is 2.27 bits per heavy atom. The van der Waals surface area contributed by atoms with Crippen molar-refractivity contribution in [2.24, 2.45) is 0 Å². The van der Waals surface area contributed by atoms with Crippen LogP contribution in [0.1, 0.15) is 18.4 Å². The van der Waals surface area contributed by atoms with Gasteiger partial charge in [0.2, 0.25) is 0 Å². The molecule has 0 N–H and O–H groups in total. The average molecular weight is 201 g/mol. The van der Waals surface area contributed by atoms with Crippen LogP contribution in [-0.4, -0.2) is 31.1 Å². The van der Waals surface area contributed by atoms with Gasteiger partial charge in [0.1, 0.15) is 0 Å². The molecule has 15 heavy (non-hydrogen) atoms. The summed E-state index contributed by atoms with van der Waals surface area (Å²) >= 11 is 0. The van der Waals surface area contributed by atoms with E-state index in [4.69, 9.17) is 4.65 Å². The van der Waals surface area contributed by atoms with Crippen LogP contribution in [-0.2, 0) is 4.65 Å². The lowest BCUT2D eigenvalue weighted by molar-refractivity contribution is 0.334. The Balaban J connectivity index is 1.91. The number of fused-ring (bicyclic) bond motifs is 1. The molecule has 2 aliphatic heterocycles. The second-order valence-electron chi connectivity index (χ2n) is 4.58. The molecule has 3 rings (SSSR count). The summed E-state index contributed by atoms with van der Waals surface area (Å²) in [5.41, 5.74) is 2.69. The predicted molar refractivity (Wildman–Crippen MR) is 62.2 cm³/mol. The number of rotatable bonds is 1. The lowest BCUT2D eigenvalue weighted by Gasteiger charge is -2.19. The number of hydrogen-bond acceptors (Lipinski definition) is 2. The summed E-state index contributed by atoms with van der Waals surface area (Å²) in [6.45, 7) is 4.28. The van der Waals surface area contributed by atoms with Crippen LogP contribution in [0.5, 0.6) is 0 Å². The Kier molecular flexibility index (Phi) is 2.30. The van der Waals surface area contributed by atoms with E-state index >= 15 is 0 Å². The van der Waals surface area contributed by atoms with E-state index in [9.17, 15) is 0 Å². The maximum absolute atomic E-state index is 5.91. The fourth-order valence-corrected chi connectivity index (χ4v) is 2.78. The van der Waals surface area contributed by atoms with E-state index in [2.05, 4.69) is 36.0 Å². The van der Waals surface area contributed by atoms with Gasteiger partial charge in [0, 0.05) is 12.6 Å². The summed E-state index contributed by atoms with van der Waals surface area (Å²) in [6, 6.07) is 9.24. The van der Waals surface area contributed by atoms with Gasteiger partial charge in [-0.15, -0.1) is 0 Å². The van der Waals surface area contributed by atoms with Crippen LogP contribution in [0.15, 0.2) is 24.3 Å². The van der Waals surface area contributed by atoms with Gasteiger partial charge in [-0.1, -0.05) is 29.8 Å². The first-order valence-electron chi connectivity index (χ1n) is 5.79. The molecule has 2 nitrogen and oxygen atoms in total. The van der Waals surface area contributed by atoms with Gasteiger partial charge in [0.05, 0.1) is 0 Å². The number of benzene rings is 1. The highest BCUT2D eigenvalue weighted by Gasteiger charge is 2.42. The predicted octanol–water partition coefficient (Wildman–Crippen LogP) is 1.18. The minimum atomic E-state index is 0.221. The molecule has 0 saturated carbocycles. The fourth-order valence-electron chi connectivity index (χ4n) is 2.78. The first-order valence-corrected chi connectivity index (χ1v) is 5.79. The third-order valence-electron chi connectivity index (χ3n) is 3.62. The molecule has 1 aromatic carbocycles. The van der Waals surface area contributed by atoms with Crippen molar-refractivity contribution in [3.63, 3.8) is 0 Å².